The van der Waals surface area contributed by atoms with E-state index in [1.807, 2.05) is 18.2 Å². The van der Waals surface area contributed by atoms with E-state index in [9.17, 15) is 0 Å². The fourth-order valence-electron chi connectivity index (χ4n) is 1.62. The van der Waals surface area contributed by atoms with E-state index in [-0.39, 0.29) is 6.04 Å². The second kappa shape index (κ2) is 6.01. The Labute approximate surface area is 111 Å². The quantitative estimate of drug-likeness (QED) is 0.923. The molecular formula is C12H18BrClN2. The van der Waals surface area contributed by atoms with Crippen molar-refractivity contribution in [2.24, 2.45) is 5.73 Å². The maximum atomic E-state index is 5.98. The molecule has 16 heavy (non-hydrogen) atoms. The van der Waals surface area contributed by atoms with E-state index >= 15 is 0 Å². The number of hydrogen-bond donors (Lipinski definition) is 1. The molecule has 2 nitrogen and oxygen atoms in total. The minimum Gasteiger partial charge on any atom is -0.329 e. The lowest BCUT2D eigenvalue weighted by atomic mass is 10.0. The molecule has 0 heterocycles. The van der Waals surface area contributed by atoms with Gasteiger partial charge in [-0.05, 0) is 54.5 Å². The van der Waals surface area contributed by atoms with Crippen LogP contribution in [0.4, 0.5) is 0 Å². The van der Waals surface area contributed by atoms with Crippen LogP contribution in [0, 0.1) is 0 Å². The number of benzene rings is 1. The minimum atomic E-state index is 0.230. The Bertz CT molecular complexity index is 355. The SMILES string of the molecule is CC(C)N(C)C(CN)c1ccc(Cl)c(Br)c1. The summed E-state index contributed by atoms with van der Waals surface area (Å²) in [5.74, 6) is 0. The van der Waals surface area contributed by atoms with Crippen LogP contribution in [0.2, 0.25) is 5.02 Å². The summed E-state index contributed by atoms with van der Waals surface area (Å²) in [7, 11) is 2.09. The summed E-state index contributed by atoms with van der Waals surface area (Å²) in [6, 6.07) is 6.66. The number of rotatable bonds is 4. The Morgan fingerprint density at radius 1 is 1.44 bits per heavy atom. The first-order valence-corrected chi connectivity index (χ1v) is 6.51. The van der Waals surface area contributed by atoms with Gasteiger partial charge in [-0.25, -0.2) is 0 Å². The lowest BCUT2D eigenvalue weighted by molar-refractivity contribution is 0.201. The molecule has 0 aliphatic rings. The molecule has 0 amide bonds. The lowest BCUT2D eigenvalue weighted by Gasteiger charge is -2.31. The van der Waals surface area contributed by atoms with E-state index in [1.54, 1.807) is 0 Å². The van der Waals surface area contributed by atoms with Crippen molar-refractivity contribution in [3.63, 3.8) is 0 Å². The Morgan fingerprint density at radius 2 is 2.06 bits per heavy atom. The molecule has 2 N–H and O–H groups in total. The highest BCUT2D eigenvalue weighted by Crippen LogP contribution is 2.28. The van der Waals surface area contributed by atoms with E-state index in [2.05, 4.69) is 41.7 Å². The van der Waals surface area contributed by atoms with Crippen LogP contribution in [0.1, 0.15) is 25.5 Å². The summed E-state index contributed by atoms with van der Waals surface area (Å²) in [6.45, 7) is 4.92. The second-order valence-electron chi connectivity index (χ2n) is 4.18. The fourth-order valence-corrected chi connectivity index (χ4v) is 2.13. The Balaban J connectivity index is 2.99. The third-order valence-corrected chi connectivity index (χ3v) is 4.07. The Morgan fingerprint density at radius 3 is 2.50 bits per heavy atom. The topological polar surface area (TPSA) is 29.3 Å². The molecule has 0 aliphatic carbocycles. The molecule has 0 spiro atoms. The summed E-state index contributed by atoms with van der Waals surface area (Å²) >= 11 is 9.42. The molecule has 1 rings (SSSR count). The predicted octanol–water partition coefficient (Wildman–Crippen LogP) is 3.44. The summed E-state index contributed by atoms with van der Waals surface area (Å²) in [4.78, 5) is 2.26. The Kier molecular flexibility index (Phi) is 5.25. The van der Waals surface area contributed by atoms with Crippen LogP contribution in [0.5, 0.6) is 0 Å². The zero-order valence-electron chi connectivity index (χ0n) is 9.87. The van der Waals surface area contributed by atoms with Gasteiger partial charge in [0, 0.05) is 23.1 Å². The van der Waals surface area contributed by atoms with Crippen molar-refractivity contribution < 1.29 is 0 Å². The molecular weight excluding hydrogens is 288 g/mol. The molecule has 1 aromatic rings. The highest BCUT2D eigenvalue weighted by Gasteiger charge is 2.18. The van der Waals surface area contributed by atoms with Gasteiger partial charge in [0.15, 0.2) is 0 Å². The second-order valence-corrected chi connectivity index (χ2v) is 5.45. The van der Waals surface area contributed by atoms with E-state index in [4.69, 9.17) is 17.3 Å². The maximum Gasteiger partial charge on any atom is 0.0548 e. The minimum absolute atomic E-state index is 0.230. The number of hydrogen-bond acceptors (Lipinski definition) is 2. The normalized spacial score (nSPS) is 13.5. The first-order valence-electron chi connectivity index (χ1n) is 5.34. The third kappa shape index (κ3) is 3.20. The van der Waals surface area contributed by atoms with Gasteiger partial charge in [0.2, 0.25) is 0 Å². The van der Waals surface area contributed by atoms with Gasteiger partial charge >= 0.3 is 0 Å². The molecule has 90 valence electrons. The first-order chi connectivity index (χ1) is 7.47. The standard InChI is InChI=1S/C12H18BrClN2/c1-8(2)16(3)12(7-15)9-4-5-11(14)10(13)6-9/h4-6,8,12H,7,15H2,1-3H3. The average Bonchev–Trinajstić information content (AvgIpc) is 2.24. The van der Waals surface area contributed by atoms with E-state index in [0.29, 0.717) is 12.6 Å². The van der Waals surface area contributed by atoms with E-state index in [0.717, 1.165) is 9.50 Å². The van der Waals surface area contributed by atoms with Gasteiger partial charge in [0.25, 0.3) is 0 Å². The highest BCUT2D eigenvalue weighted by molar-refractivity contribution is 9.10. The van der Waals surface area contributed by atoms with Crippen LogP contribution in [0.15, 0.2) is 22.7 Å². The summed E-state index contributed by atoms with van der Waals surface area (Å²) in [5, 5.41) is 0.728. The maximum absolute atomic E-state index is 5.98. The van der Waals surface area contributed by atoms with E-state index in [1.165, 1.54) is 5.56 Å². The molecule has 4 heteroatoms. The van der Waals surface area contributed by atoms with Gasteiger partial charge in [-0.1, -0.05) is 17.7 Å². The van der Waals surface area contributed by atoms with Crippen molar-refractivity contribution in [1.82, 2.24) is 4.90 Å². The monoisotopic (exact) mass is 304 g/mol. The van der Waals surface area contributed by atoms with E-state index < -0.39 is 0 Å². The predicted molar refractivity (Wildman–Crippen MR) is 73.8 cm³/mol. The fraction of sp³-hybridized carbons (Fsp3) is 0.500. The van der Waals surface area contributed by atoms with Gasteiger partial charge in [-0.15, -0.1) is 0 Å². The molecule has 1 aromatic carbocycles. The van der Waals surface area contributed by atoms with Gasteiger partial charge < -0.3 is 5.73 Å². The van der Waals surface area contributed by atoms with Crippen molar-refractivity contribution in [3.8, 4) is 0 Å². The molecule has 1 atom stereocenters. The van der Waals surface area contributed by atoms with Gasteiger partial charge in [-0.3, -0.25) is 4.90 Å². The summed E-state index contributed by atoms with van der Waals surface area (Å²) in [5.41, 5.74) is 7.03. The smallest absolute Gasteiger partial charge is 0.0548 e. The number of likely N-dealkylation sites (N-methyl/N-ethyl adjacent to an activating group) is 1. The van der Waals surface area contributed by atoms with Crippen LogP contribution >= 0.6 is 27.5 Å². The van der Waals surface area contributed by atoms with Crippen molar-refractivity contribution in [2.75, 3.05) is 13.6 Å². The Hall–Kier alpha value is -0.0900. The molecule has 0 saturated carbocycles. The molecule has 0 aromatic heterocycles. The number of nitrogens with zero attached hydrogens (tertiary/aromatic N) is 1. The summed E-state index contributed by atoms with van der Waals surface area (Å²) < 4.78 is 0.919. The molecule has 0 saturated heterocycles. The zero-order chi connectivity index (χ0) is 12.3. The number of nitrogens with two attached hydrogens (primary N) is 1. The van der Waals surface area contributed by atoms with Crippen LogP contribution in [0.3, 0.4) is 0 Å². The average molecular weight is 306 g/mol. The molecule has 0 fully saturated rings. The third-order valence-electron chi connectivity index (χ3n) is 2.86. The van der Waals surface area contributed by atoms with Crippen LogP contribution in [0.25, 0.3) is 0 Å². The number of halogens is 2. The molecule has 0 radical (unpaired) electrons. The van der Waals surface area contributed by atoms with Crippen molar-refractivity contribution in [3.05, 3.63) is 33.3 Å². The van der Waals surface area contributed by atoms with Crippen LogP contribution < -0.4 is 5.73 Å². The van der Waals surface area contributed by atoms with Gasteiger partial charge in [0.1, 0.15) is 0 Å². The first kappa shape index (κ1) is 14.0. The molecule has 0 bridgehead atoms. The molecule has 0 aliphatic heterocycles. The highest BCUT2D eigenvalue weighted by atomic mass is 79.9. The largest absolute Gasteiger partial charge is 0.329 e. The summed E-state index contributed by atoms with van der Waals surface area (Å²) in [6.07, 6.45) is 0. The molecule has 1 unspecified atom stereocenters. The zero-order valence-corrected chi connectivity index (χ0v) is 12.2. The van der Waals surface area contributed by atoms with Gasteiger partial charge in [-0.2, -0.15) is 0 Å². The van der Waals surface area contributed by atoms with Crippen molar-refractivity contribution in [1.29, 1.82) is 0 Å². The van der Waals surface area contributed by atoms with Crippen LogP contribution in [-0.4, -0.2) is 24.5 Å². The van der Waals surface area contributed by atoms with Crippen molar-refractivity contribution in [2.45, 2.75) is 25.9 Å². The van der Waals surface area contributed by atoms with Gasteiger partial charge in [0.05, 0.1) is 5.02 Å². The van der Waals surface area contributed by atoms with Crippen LogP contribution in [-0.2, 0) is 0 Å². The van der Waals surface area contributed by atoms with Crippen molar-refractivity contribution >= 4 is 27.5 Å². The lowest BCUT2D eigenvalue weighted by Crippen LogP contribution is -2.35.